The first-order chi connectivity index (χ1) is 10.6. The van der Waals surface area contributed by atoms with Crippen LogP contribution in [0.4, 0.5) is 0 Å². The van der Waals surface area contributed by atoms with Crippen molar-refractivity contribution < 1.29 is 27.9 Å². The summed E-state index contributed by atoms with van der Waals surface area (Å²) in [6, 6.07) is -1.26. The molecule has 128 valence electrons. The van der Waals surface area contributed by atoms with Crippen LogP contribution in [-0.2, 0) is 24.4 Å². The van der Waals surface area contributed by atoms with E-state index in [-0.39, 0.29) is 53.5 Å². The topological polar surface area (TPSA) is 138 Å². The number of nitrogens with two attached hydrogens (primary N) is 1. The van der Waals surface area contributed by atoms with E-state index in [1.807, 2.05) is 0 Å². The Labute approximate surface area is 164 Å². The third-order valence-corrected chi connectivity index (χ3v) is 6.66. The van der Waals surface area contributed by atoms with Crippen LogP contribution in [0.2, 0.25) is 0 Å². The van der Waals surface area contributed by atoms with E-state index < -0.39 is 39.9 Å². The van der Waals surface area contributed by atoms with E-state index in [0.29, 0.717) is 11.3 Å². The molecule has 24 heavy (non-hydrogen) atoms. The normalized spacial score (nSPS) is 29.0. The molecule has 3 heterocycles. The minimum atomic E-state index is -3.55. The van der Waals surface area contributed by atoms with Crippen LogP contribution in [0.15, 0.2) is 10.6 Å². The predicted molar refractivity (Wildman–Crippen MR) is 87.5 cm³/mol. The number of allylic oxidation sites excluding steroid dienone is 1. The summed E-state index contributed by atoms with van der Waals surface area (Å²) in [5.74, 6) is -2.65. The molecule has 3 aliphatic heterocycles. The number of hydrogen-bond acceptors (Lipinski definition) is 6. The summed E-state index contributed by atoms with van der Waals surface area (Å²) >= 11 is 0.992. The number of carbonyl (C=O) groups is 3. The van der Waals surface area contributed by atoms with Crippen molar-refractivity contribution in [2.24, 2.45) is 11.7 Å². The Morgan fingerprint density at radius 2 is 2.04 bits per heavy atom. The third-order valence-electron chi connectivity index (χ3n) is 4.29. The van der Waals surface area contributed by atoms with Crippen molar-refractivity contribution in [2.75, 3.05) is 18.6 Å². The summed E-state index contributed by atoms with van der Waals surface area (Å²) in [5, 5.41) is 9.42. The third kappa shape index (κ3) is 3.01. The zero-order chi connectivity index (χ0) is 17.1. The molecule has 0 aromatic heterocycles. The van der Waals surface area contributed by atoms with Gasteiger partial charge in [-0.05, 0) is 6.42 Å². The molecule has 0 saturated carbocycles. The molecule has 0 aliphatic carbocycles. The van der Waals surface area contributed by atoms with E-state index in [4.69, 9.17) is 5.73 Å². The quantitative estimate of drug-likeness (QED) is 0.402. The van der Waals surface area contributed by atoms with Gasteiger partial charge in [0.25, 0.3) is 0 Å². The molecule has 0 radical (unpaired) electrons. The van der Waals surface area contributed by atoms with E-state index in [1.165, 1.54) is 0 Å². The molecule has 0 spiro atoms. The number of sulfonamides is 1. The van der Waals surface area contributed by atoms with Crippen molar-refractivity contribution in [3.8, 4) is 0 Å². The fraction of sp³-hybridized carbons (Fsp3) is 0.583. The fourth-order valence-corrected chi connectivity index (χ4v) is 5.53. The number of thioether (sulfide) groups is 1. The van der Waals surface area contributed by atoms with Gasteiger partial charge in [0.05, 0.1) is 18.1 Å². The molecule has 0 bridgehead atoms. The predicted octanol–water partition coefficient (Wildman–Crippen LogP) is -2.27. The number of carboxylic acid groups (broad SMARTS) is 1. The molecule has 3 aliphatic rings. The molecule has 3 N–H and O–H groups in total. The van der Waals surface area contributed by atoms with Crippen molar-refractivity contribution in [2.45, 2.75) is 18.5 Å². The van der Waals surface area contributed by atoms with E-state index in [0.717, 1.165) is 27.2 Å². The second kappa shape index (κ2) is 6.61. The van der Waals surface area contributed by atoms with E-state index >= 15 is 0 Å². The zero-order valence-electron chi connectivity index (χ0n) is 12.1. The van der Waals surface area contributed by atoms with Crippen LogP contribution >= 0.6 is 11.8 Å². The molecule has 9 nitrogen and oxygen atoms in total. The first kappa shape index (κ1) is 19.7. The van der Waals surface area contributed by atoms with Crippen molar-refractivity contribution in [1.82, 2.24) is 9.21 Å². The number of aliphatic carboxylic acids is 1. The number of primary amides is 1. The van der Waals surface area contributed by atoms with Crippen molar-refractivity contribution >= 4 is 69.1 Å². The molecule has 2 fully saturated rings. The molecule has 12 heteroatoms. The number of carboxylic acids is 1. The van der Waals surface area contributed by atoms with Gasteiger partial charge in [-0.3, -0.25) is 14.5 Å². The first-order valence-corrected chi connectivity index (χ1v) is 9.63. The van der Waals surface area contributed by atoms with Crippen molar-refractivity contribution in [1.29, 1.82) is 0 Å². The van der Waals surface area contributed by atoms with Gasteiger partial charge in [-0.25, -0.2) is 13.2 Å². The average molecular weight is 385 g/mol. The van der Waals surface area contributed by atoms with Crippen molar-refractivity contribution in [3.63, 3.8) is 0 Å². The summed E-state index contributed by atoms with van der Waals surface area (Å²) < 4.78 is 24.8. The van der Waals surface area contributed by atoms with Gasteiger partial charge < -0.3 is 10.8 Å². The average Bonchev–Trinajstić information content (AvgIpc) is 2.79. The van der Waals surface area contributed by atoms with Gasteiger partial charge in [0.1, 0.15) is 11.7 Å². The second-order valence-corrected chi connectivity index (χ2v) is 8.78. The van der Waals surface area contributed by atoms with Gasteiger partial charge in [0, 0.05) is 17.4 Å². The summed E-state index contributed by atoms with van der Waals surface area (Å²) in [6.45, 7) is 0.171. The van der Waals surface area contributed by atoms with Crippen LogP contribution in [0.5, 0.6) is 0 Å². The van der Waals surface area contributed by atoms with E-state index in [2.05, 4.69) is 0 Å². The maximum absolute atomic E-state index is 12.3. The number of carbonyl (C=O) groups excluding carboxylic acids is 2. The molecule has 3 rings (SSSR count). The molecule has 0 unspecified atom stereocenters. The van der Waals surface area contributed by atoms with Crippen LogP contribution in [0.3, 0.4) is 0 Å². The second-order valence-electron chi connectivity index (χ2n) is 5.77. The zero-order valence-corrected chi connectivity index (χ0v) is 13.8. The van der Waals surface area contributed by atoms with E-state index in [1.54, 1.807) is 0 Å². The number of rotatable bonds is 5. The number of amides is 2. The molecule has 2 amide bonds. The van der Waals surface area contributed by atoms with Crippen LogP contribution in [0.25, 0.3) is 0 Å². The Hall–Kier alpha value is -0.590. The summed E-state index contributed by atoms with van der Waals surface area (Å²) in [7, 11) is -3.55. The monoisotopic (exact) mass is 385 g/mol. The number of nitrogens with zero attached hydrogens (tertiary/aromatic N) is 2. The number of β-lactam (4-membered cyclic amide) rings is 1. The fourth-order valence-electron chi connectivity index (χ4n) is 3.47. The molecule has 0 aromatic carbocycles. The Bertz CT molecular complexity index is 752. The molecule has 0 aromatic rings. The summed E-state index contributed by atoms with van der Waals surface area (Å²) in [6.07, 6.45) is 1.35. The first-order valence-electron chi connectivity index (χ1n) is 6.80. The Kier molecular flexibility index (Phi) is 5.44. The summed E-state index contributed by atoms with van der Waals surface area (Å²) in [5.41, 5.74) is 4.93. The van der Waals surface area contributed by atoms with Gasteiger partial charge in [-0.1, -0.05) is 0 Å². The molecular weight excluding hydrogens is 369 g/mol. The van der Waals surface area contributed by atoms with Crippen molar-refractivity contribution in [3.05, 3.63) is 10.6 Å². The standard InChI is InChI=1S/C12H15N3O6S2.Na.H/c1-23(20,21)14-3-5-2-6(22-4-7(13)16)9(12(18)19)15-8(5)10(14)11(15)17;;/h5,8,10H,2-4H2,1H3,(H2,13,16)(H,18,19);;/t5-,8-,10+;;/m1../s1. The Morgan fingerprint density at radius 1 is 1.42 bits per heavy atom. The van der Waals surface area contributed by atoms with Crippen LogP contribution < -0.4 is 5.73 Å². The van der Waals surface area contributed by atoms with Gasteiger partial charge in [0.15, 0.2) is 0 Å². The van der Waals surface area contributed by atoms with Crippen LogP contribution in [-0.4, -0.2) is 101 Å². The molecule has 3 atom stereocenters. The molecular formula is C12H16N3NaO6S2. The van der Waals surface area contributed by atoms with Crippen LogP contribution in [0.1, 0.15) is 6.42 Å². The Morgan fingerprint density at radius 3 is 2.54 bits per heavy atom. The molecule has 2 saturated heterocycles. The van der Waals surface area contributed by atoms with Gasteiger partial charge in [-0.15, -0.1) is 11.8 Å². The minimum absolute atomic E-state index is 0. The maximum atomic E-state index is 12.3. The van der Waals surface area contributed by atoms with E-state index in [9.17, 15) is 27.9 Å². The van der Waals surface area contributed by atoms with Gasteiger partial charge in [-0.2, -0.15) is 4.31 Å². The van der Waals surface area contributed by atoms with Crippen LogP contribution in [0, 0.1) is 5.92 Å². The number of hydrogen-bond donors (Lipinski definition) is 2. The Balaban J connectivity index is 0.00000208. The summed E-state index contributed by atoms with van der Waals surface area (Å²) in [4.78, 5) is 36.4. The van der Waals surface area contributed by atoms with Gasteiger partial charge in [0.2, 0.25) is 21.8 Å². The SMILES string of the molecule is CS(=O)(=O)N1C[C@H]2CC(SCC(N)=O)=C(C(=O)O)N3C(=O)[C@@H]1[C@@H]23.[NaH]. The van der Waals surface area contributed by atoms with Gasteiger partial charge >= 0.3 is 35.5 Å².